The van der Waals surface area contributed by atoms with Crippen LogP contribution >= 0.6 is 0 Å². The number of imidazole rings is 1. The van der Waals surface area contributed by atoms with Crippen LogP contribution in [-0.4, -0.2) is 34.3 Å². The zero-order valence-electron chi connectivity index (χ0n) is 16.2. The summed E-state index contributed by atoms with van der Waals surface area (Å²) in [5.41, 5.74) is 1.18. The largest absolute Gasteiger partial charge is 0.497 e. The van der Waals surface area contributed by atoms with Gasteiger partial charge in [-0.05, 0) is 35.4 Å². The second kappa shape index (κ2) is 9.20. The quantitative estimate of drug-likeness (QED) is 0.571. The van der Waals surface area contributed by atoms with Crippen molar-refractivity contribution in [3.8, 4) is 5.75 Å². The molecule has 8 heteroatoms. The molecule has 3 aromatic rings. The maximum absolute atomic E-state index is 13.3. The van der Waals surface area contributed by atoms with Gasteiger partial charge in [0.2, 0.25) is 0 Å². The van der Waals surface area contributed by atoms with Crippen molar-refractivity contribution < 1.29 is 19.0 Å². The van der Waals surface area contributed by atoms with Crippen LogP contribution in [-0.2, 0) is 7.05 Å². The molecule has 0 saturated heterocycles. The van der Waals surface area contributed by atoms with Gasteiger partial charge in [0.05, 0.1) is 13.2 Å². The molecule has 1 aromatic heterocycles. The van der Waals surface area contributed by atoms with E-state index >= 15 is 0 Å². The van der Waals surface area contributed by atoms with Crippen LogP contribution in [0, 0.1) is 5.82 Å². The maximum atomic E-state index is 13.3. The Bertz CT molecular complexity index is 976. The molecule has 3 N–H and O–H groups in total. The molecule has 0 aliphatic carbocycles. The minimum Gasteiger partial charge on any atom is -0.497 e. The minimum absolute atomic E-state index is 0.0688. The molecule has 2 aromatic carbocycles. The second-order valence-corrected chi connectivity index (χ2v) is 6.53. The van der Waals surface area contributed by atoms with Gasteiger partial charge in [-0.3, -0.25) is 0 Å². The number of ether oxygens (including phenoxy) is 1. The summed E-state index contributed by atoms with van der Waals surface area (Å²) in [6.45, 7) is -0.0688. The number of halogens is 1. The topological polar surface area (TPSA) is 88.4 Å². The first-order valence-corrected chi connectivity index (χ1v) is 9.07. The Morgan fingerprint density at radius 2 is 2.00 bits per heavy atom. The molecule has 29 heavy (non-hydrogen) atoms. The van der Waals surface area contributed by atoms with Gasteiger partial charge in [0.15, 0.2) is 0 Å². The summed E-state index contributed by atoms with van der Waals surface area (Å²) in [4.78, 5) is 16.9. The van der Waals surface area contributed by atoms with Gasteiger partial charge in [0.1, 0.15) is 23.4 Å². The van der Waals surface area contributed by atoms with E-state index in [1.807, 2.05) is 35.9 Å². The third-order valence-electron chi connectivity index (χ3n) is 4.51. The van der Waals surface area contributed by atoms with E-state index in [9.17, 15) is 14.3 Å². The van der Waals surface area contributed by atoms with Crippen LogP contribution in [0.5, 0.6) is 5.75 Å². The van der Waals surface area contributed by atoms with Crippen LogP contribution in [0.1, 0.15) is 29.1 Å². The molecule has 1 heterocycles. The number of benzene rings is 2. The Kier molecular flexibility index (Phi) is 6.46. The molecule has 152 valence electrons. The molecule has 7 nitrogen and oxygen atoms in total. The van der Waals surface area contributed by atoms with Crippen molar-refractivity contribution in [3.63, 3.8) is 0 Å². The zero-order chi connectivity index (χ0) is 20.8. The molecule has 0 spiro atoms. The third kappa shape index (κ3) is 5.11. The van der Waals surface area contributed by atoms with Crippen molar-refractivity contribution in [2.45, 2.75) is 12.1 Å². The predicted molar refractivity (Wildman–Crippen MR) is 106 cm³/mol. The lowest BCUT2D eigenvalue weighted by Crippen LogP contribution is -2.40. The summed E-state index contributed by atoms with van der Waals surface area (Å²) in [7, 11) is 3.41. The van der Waals surface area contributed by atoms with E-state index < -0.39 is 24.0 Å². The highest BCUT2D eigenvalue weighted by Crippen LogP contribution is 2.24. The highest BCUT2D eigenvalue weighted by atomic mass is 19.1. The molecule has 0 fully saturated rings. The van der Waals surface area contributed by atoms with Crippen molar-refractivity contribution in [2.24, 2.45) is 7.05 Å². The molecule has 0 radical (unpaired) electrons. The number of aryl methyl sites for hydroxylation is 1. The van der Waals surface area contributed by atoms with E-state index in [0.29, 0.717) is 17.1 Å². The summed E-state index contributed by atoms with van der Waals surface area (Å²) >= 11 is 0. The Morgan fingerprint density at radius 1 is 1.24 bits per heavy atom. The molecule has 0 aliphatic heterocycles. The fraction of sp³-hybridized carbons (Fsp3) is 0.238. The fourth-order valence-corrected chi connectivity index (χ4v) is 2.98. The molecule has 0 saturated carbocycles. The first-order valence-electron chi connectivity index (χ1n) is 9.07. The van der Waals surface area contributed by atoms with Gasteiger partial charge in [-0.25, -0.2) is 14.2 Å². The lowest BCUT2D eigenvalue weighted by Gasteiger charge is -2.21. The van der Waals surface area contributed by atoms with Gasteiger partial charge in [0, 0.05) is 26.0 Å². The number of hydrogen-bond acceptors (Lipinski definition) is 4. The monoisotopic (exact) mass is 398 g/mol. The zero-order valence-corrected chi connectivity index (χ0v) is 16.2. The Morgan fingerprint density at radius 3 is 2.69 bits per heavy atom. The van der Waals surface area contributed by atoms with Crippen molar-refractivity contribution in [1.82, 2.24) is 20.2 Å². The Labute approximate surface area is 168 Å². The van der Waals surface area contributed by atoms with Gasteiger partial charge < -0.3 is 25.0 Å². The maximum Gasteiger partial charge on any atom is 0.315 e. The predicted octanol–water partition coefficient (Wildman–Crippen LogP) is 2.69. The number of nitrogens with zero attached hydrogens (tertiary/aromatic N) is 2. The Hall–Kier alpha value is -3.39. The first-order chi connectivity index (χ1) is 14.0. The number of urea groups is 1. The highest BCUT2D eigenvalue weighted by Gasteiger charge is 2.21. The SMILES string of the molecule is COc1cccc(C(NC(=O)NCC(O)c2cccc(F)c2)c2nccn2C)c1. The molecular weight excluding hydrogens is 375 g/mol. The van der Waals surface area contributed by atoms with Crippen LogP contribution < -0.4 is 15.4 Å². The number of methoxy groups -OCH3 is 1. The number of carbonyl (C=O) groups excluding carboxylic acids is 1. The summed E-state index contributed by atoms with van der Waals surface area (Å²) in [6, 6.07) is 11.9. The molecule has 2 atom stereocenters. The Balaban J connectivity index is 1.72. The van der Waals surface area contributed by atoms with Crippen LogP contribution in [0.3, 0.4) is 0 Å². The van der Waals surface area contributed by atoms with Crippen molar-refractivity contribution in [2.75, 3.05) is 13.7 Å². The first kappa shape index (κ1) is 20.3. The number of aliphatic hydroxyl groups excluding tert-OH is 1. The lowest BCUT2D eigenvalue weighted by atomic mass is 10.1. The van der Waals surface area contributed by atoms with Crippen LogP contribution in [0.15, 0.2) is 60.9 Å². The van der Waals surface area contributed by atoms with E-state index in [2.05, 4.69) is 15.6 Å². The van der Waals surface area contributed by atoms with Crippen LogP contribution in [0.4, 0.5) is 9.18 Å². The van der Waals surface area contributed by atoms with Crippen molar-refractivity contribution >= 4 is 6.03 Å². The average Bonchev–Trinajstić information content (AvgIpc) is 3.15. The van der Waals surface area contributed by atoms with E-state index in [4.69, 9.17) is 4.74 Å². The normalized spacial score (nSPS) is 12.8. The molecule has 2 unspecified atom stereocenters. The fourth-order valence-electron chi connectivity index (χ4n) is 2.98. The van der Waals surface area contributed by atoms with Crippen LogP contribution in [0.2, 0.25) is 0 Å². The standard InChI is InChI=1S/C21H23FN4O3/c1-26-10-9-23-20(26)19(15-6-4-8-17(12-15)29-2)25-21(28)24-13-18(27)14-5-3-7-16(22)11-14/h3-12,18-19,27H,13H2,1-2H3,(H2,24,25,28). The van der Waals surface area contributed by atoms with Gasteiger partial charge in [0.25, 0.3) is 0 Å². The average molecular weight is 398 g/mol. The number of aromatic nitrogens is 2. The van der Waals surface area contributed by atoms with Gasteiger partial charge in [-0.15, -0.1) is 0 Å². The number of amides is 2. The number of aliphatic hydroxyl groups is 1. The molecule has 0 bridgehead atoms. The second-order valence-electron chi connectivity index (χ2n) is 6.53. The highest BCUT2D eigenvalue weighted by molar-refractivity contribution is 5.75. The van der Waals surface area contributed by atoms with E-state index in [1.54, 1.807) is 25.6 Å². The van der Waals surface area contributed by atoms with Crippen LogP contribution in [0.25, 0.3) is 0 Å². The number of hydrogen-bond donors (Lipinski definition) is 3. The van der Waals surface area contributed by atoms with Gasteiger partial charge in [-0.2, -0.15) is 0 Å². The van der Waals surface area contributed by atoms with Gasteiger partial charge in [-0.1, -0.05) is 24.3 Å². The molecule has 3 rings (SSSR count). The summed E-state index contributed by atoms with van der Waals surface area (Å²) in [6.07, 6.45) is 2.41. The van der Waals surface area contributed by atoms with E-state index in [-0.39, 0.29) is 6.54 Å². The van der Waals surface area contributed by atoms with Crippen molar-refractivity contribution in [3.05, 3.63) is 83.7 Å². The van der Waals surface area contributed by atoms with Gasteiger partial charge >= 0.3 is 6.03 Å². The lowest BCUT2D eigenvalue weighted by molar-refractivity contribution is 0.172. The van der Waals surface area contributed by atoms with E-state index in [1.165, 1.54) is 18.2 Å². The number of rotatable bonds is 7. The summed E-state index contributed by atoms with van der Waals surface area (Å²) < 4.78 is 20.4. The number of nitrogens with one attached hydrogen (secondary N) is 2. The molecular formula is C21H23FN4O3. The molecule has 0 aliphatic rings. The minimum atomic E-state index is -1.03. The van der Waals surface area contributed by atoms with Crippen molar-refractivity contribution in [1.29, 1.82) is 0 Å². The smallest absolute Gasteiger partial charge is 0.315 e. The third-order valence-corrected chi connectivity index (χ3v) is 4.51. The molecule has 2 amide bonds. The number of carbonyl (C=O) groups is 1. The summed E-state index contributed by atoms with van der Waals surface area (Å²) in [5, 5.41) is 15.7. The van der Waals surface area contributed by atoms with E-state index in [0.717, 1.165) is 5.56 Å². The summed E-state index contributed by atoms with van der Waals surface area (Å²) in [5.74, 6) is 0.850.